The zero-order valence-corrected chi connectivity index (χ0v) is 11.0. The van der Waals surface area contributed by atoms with Crippen molar-refractivity contribution in [3.8, 4) is 5.75 Å². The molecule has 0 aromatic heterocycles. The molecule has 6 heteroatoms. The molecular weight excluding hydrogens is 305 g/mol. The molecule has 3 rings (SSSR count). The summed E-state index contributed by atoms with van der Waals surface area (Å²) in [6.45, 7) is 1.28. The SMILES string of the molecule is O=C(O)c1cc2c(c(F)c1Br)N1CCCC1CO2. The maximum absolute atomic E-state index is 14.3. The predicted octanol–water partition coefficient (Wildman–Crippen LogP) is 2.65. The van der Waals surface area contributed by atoms with Crippen LogP contribution in [0.3, 0.4) is 0 Å². The van der Waals surface area contributed by atoms with Crippen LogP contribution in [0.25, 0.3) is 0 Å². The highest BCUT2D eigenvalue weighted by molar-refractivity contribution is 9.10. The van der Waals surface area contributed by atoms with E-state index in [9.17, 15) is 9.18 Å². The number of carboxylic acids is 1. The van der Waals surface area contributed by atoms with Crippen LogP contribution in [-0.2, 0) is 0 Å². The summed E-state index contributed by atoms with van der Waals surface area (Å²) in [5, 5.41) is 9.01. The molecular formula is C12H11BrFNO3. The Morgan fingerprint density at radius 1 is 1.61 bits per heavy atom. The Bertz CT molecular complexity index is 535. The molecule has 1 aromatic carbocycles. The summed E-state index contributed by atoms with van der Waals surface area (Å²) < 4.78 is 19.8. The van der Waals surface area contributed by atoms with Gasteiger partial charge in [-0.2, -0.15) is 0 Å². The number of anilines is 1. The third-order valence-electron chi connectivity index (χ3n) is 3.47. The zero-order valence-electron chi connectivity index (χ0n) is 9.45. The minimum atomic E-state index is -1.17. The largest absolute Gasteiger partial charge is 0.489 e. The Kier molecular flexibility index (Phi) is 2.69. The number of carbonyl (C=O) groups is 1. The van der Waals surface area contributed by atoms with Crippen molar-refractivity contribution in [2.24, 2.45) is 0 Å². The van der Waals surface area contributed by atoms with E-state index in [0.29, 0.717) is 18.0 Å². The lowest BCUT2D eigenvalue weighted by molar-refractivity contribution is 0.0694. The summed E-state index contributed by atoms with van der Waals surface area (Å²) in [4.78, 5) is 13.0. The zero-order chi connectivity index (χ0) is 12.9. The van der Waals surface area contributed by atoms with Crippen LogP contribution < -0.4 is 9.64 Å². The molecule has 1 atom stereocenters. The minimum absolute atomic E-state index is 0.00935. The Morgan fingerprint density at radius 2 is 2.39 bits per heavy atom. The second kappa shape index (κ2) is 4.12. The van der Waals surface area contributed by atoms with E-state index in [1.165, 1.54) is 6.07 Å². The van der Waals surface area contributed by atoms with Gasteiger partial charge in [-0.25, -0.2) is 9.18 Å². The second-order valence-electron chi connectivity index (χ2n) is 4.50. The van der Waals surface area contributed by atoms with Gasteiger partial charge in [0.05, 0.1) is 16.1 Å². The third-order valence-corrected chi connectivity index (χ3v) is 4.25. The van der Waals surface area contributed by atoms with Crippen LogP contribution in [0.5, 0.6) is 5.75 Å². The molecule has 2 aliphatic rings. The first-order valence-electron chi connectivity index (χ1n) is 5.74. The van der Waals surface area contributed by atoms with Gasteiger partial charge in [-0.3, -0.25) is 0 Å². The second-order valence-corrected chi connectivity index (χ2v) is 5.30. The number of carboxylic acid groups (broad SMARTS) is 1. The highest BCUT2D eigenvalue weighted by Crippen LogP contribution is 2.43. The molecule has 1 unspecified atom stereocenters. The molecule has 1 fully saturated rings. The first-order valence-corrected chi connectivity index (χ1v) is 6.53. The number of ether oxygens (including phenoxy) is 1. The summed E-state index contributed by atoms with van der Waals surface area (Å²) in [7, 11) is 0. The lowest BCUT2D eigenvalue weighted by Crippen LogP contribution is -2.39. The van der Waals surface area contributed by atoms with Gasteiger partial charge < -0.3 is 14.7 Å². The van der Waals surface area contributed by atoms with E-state index in [1.807, 2.05) is 4.90 Å². The van der Waals surface area contributed by atoms with E-state index >= 15 is 0 Å². The maximum atomic E-state index is 14.3. The van der Waals surface area contributed by atoms with E-state index < -0.39 is 11.8 Å². The first-order chi connectivity index (χ1) is 8.59. The number of hydrogen-bond donors (Lipinski definition) is 1. The van der Waals surface area contributed by atoms with Crippen LogP contribution in [0.4, 0.5) is 10.1 Å². The summed E-state index contributed by atoms with van der Waals surface area (Å²) in [6, 6.07) is 1.59. The lowest BCUT2D eigenvalue weighted by Gasteiger charge is -2.34. The summed E-state index contributed by atoms with van der Waals surface area (Å²) >= 11 is 3.02. The normalized spacial score (nSPS) is 21.2. The number of rotatable bonds is 1. The van der Waals surface area contributed by atoms with Gasteiger partial charge in [0.1, 0.15) is 18.0 Å². The molecule has 1 saturated heterocycles. The van der Waals surface area contributed by atoms with Gasteiger partial charge in [-0.15, -0.1) is 0 Å². The van der Waals surface area contributed by atoms with Crippen molar-refractivity contribution in [2.45, 2.75) is 18.9 Å². The maximum Gasteiger partial charge on any atom is 0.337 e. The molecule has 2 heterocycles. The smallest absolute Gasteiger partial charge is 0.337 e. The number of hydrogen-bond acceptors (Lipinski definition) is 3. The van der Waals surface area contributed by atoms with Crippen LogP contribution in [-0.4, -0.2) is 30.3 Å². The van der Waals surface area contributed by atoms with Gasteiger partial charge in [0.2, 0.25) is 0 Å². The van der Waals surface area contributed by atoms with Crippen LogP contribution in [0.2, 0.25) is 0 Å². The topological polar surface area (TPSA) is 49.8 Å². The molecule has 2 aliphatic heterocycles. The van der Waals surface area contributed by atoms with Crippen molar-refractivity contribution in [2.75, 3.05) is 18.1 Å². The van der Waals surface area contributed by atoms with Gasteiger partial charge in [-0.05, 0) is 34.8 Å². The molecule has 0 radical (unpaired) electrons. The average Bonchev–Trinajstić information content (AvgIpc) is 2.80. The number of fused-ring (bicyclic) bond motifs is 3. The van der Waals surface area contributed by atoms with Gasteiger partial charge in [-0.1, -0.05) is 0 Å². The molecule has 0 bridgehead atoms. The monoisotopic (exact) mass is 315 g/mol. The number of halogens is 2. The fourth-order valence-corrected chi connectivity index (χ4v) is 3.09. The van der Waals surface area contributed by atoms with Crippen molar-refractivity contribution in [3.63, 3.8) is 0 Å². The average molecular weight is 316 g/mol. The highest BCUT2D eigenvalue weighted by Gasteiger charge is 2.35. The quantitative estimate of drug-likeness (QED) is 0.865. The van der Waals surface area contributed by atoms with Crippen LogP contribution in [0.15, 0.2) is 10.5 Å². The van der Waals surface area contributed by atoms with Gasteiger partial charge >= 0.3 is 5.97 Å². The first kappa shape index (κ1) is 11.8. The third kappa shape index (κ3) is 1.59. The molecule has 1 aromatic rings. The van der Waals surface area contributed by atoms with Crippen molar-refractivity contribution in [3.05, 3.63) is 21.9 Å². The molecule has 0 saturated carbocycles. The Labute approximate surface area is 111 Å². The van der Waals surface area contributed by atoms with Gasteiger partial charge in [0.15, 0.2) is 5.82 Å². The Hall–Kier alpha value is -1.30. The molecule has 18 heavy (non-hydrogen) atoms. The van der Waals surface area contributed by atoms with E-state index in [0.717, 1.165) is 19.4 Å². The number of nitrogens with zero attached hydrogens (tertiary/aromatic N) is 1. The number of benzene rings is 1. The molecule has 96 valence electrons. The molecule has 4 nitrogen and oxygen atoms in total. The standard InChI is InChI=1S/C12H11BrFNO3/c13-9-7(12(16)17)4-8-11(10(9)14)15-3-1-2-6(15)5-18-8/h4,6H,1-3,5H2,(H,16,17). The fraction of sp³-hybridized carbons (Fsp3) is 0.417. The lowest BCUT2D eigenvalue weighted by atomic mass is 10.1. The summed E-state index contributed by atoms with van der Waals surface area (Å²) in [5.41, 5.74) is 0.282. The Balaban J connectivity index is 2.18. The van der Waals surface area contributed by atoms with Crippen LogP contribution >= 0.6 is 15.9 Å². The van der Waals surface area contributed by atoms with E-state index in [1.54, 1.807) is 0 Å². The minimum Gasteiger partial charge on any atom is -0.489 e. The summed E-state index contributed by atoms with van der Waals surface area (Å²) in [6.07, 6.45) is 1.99. The van der Waals surface area contributed by atoms with E-state index in [4.69, 9.17) is 9.84 Å². The van der Waals surface area contributed by atoms with Crippen molar-refractivity contribution in [1.29, 1.82) is 0 Å². The van der Waals surface area contributed by atoms with Gasteiger partial charge in [0.25, 0.3) is 0 Å². The van der Waals surface area contributed by atoms with Crippen LogP contribution in [0, 0.1) is 5.82 Å². The molecule has 0 aliphatic carbocycles. The van der Waals surface area contributed by atoms with Crippen molar-refractivity contribution >= 4 is 27.6 Å². The number of aromatic carboxylic acids is 1. The Morgan fingerprint density at radius 3 is 3.11 bits per heavy atom. The molecule has 0 amide bonds. The fourth-order valence-electron chi connectivity index (χ4n) is 2.62. The molecule has 1 N–H and O–H groups in total. The highest BCUT2D eigenvalue weighted by atomic mass is 79.9. The van der Waals surface area contributed by atoms with E-state index in [2.05, 4.69) is 15.9 Å². The summed E-state index contributed by atoms with van der Waals surface area (Å²) in [5.74, 6) is -1.39. The van der Waals surface area contributed by atoms with E-state index in [-0.39, 0.29) is 16.1 Å². The molecule has 0 spiro atoms. The van der Waals surface area contributed by atoms with Crippen LogP contribution in [0.1, 0.15) is 23.2 Å². The van der Waals surface area contributed by atoms with Crippen molar-refractivity contribution < 1.29 is 19.0 Å². The predicted molar refractivity (Wildman–Crippen MR) is 66.9 cm³/mol. The van der Waals surface area contributed by atoms with Gasteiger partial charge in [0, 0.05) is 6.54 Å². The van der Waals surface area contributed by atoms with Crippen molar-refractivity contribution in [1.82, 2.24) is 0 Å².